The van der Waals surface area contributed by atoms with Crippen molar-refractivity contribution >= 4 is 14.0 Å². The molecule has 0 fully saturated rings. The fraction of sp³-hybridized carbons (Fsp3) is 0.259. The third-order valence-electron chi connectivity index (χ3n) is 5.15. The molecular formula is C27H27FNO5P. The Labute approximate surface area is 204 Å². The van der Waals surface area contributed by atoms with Crippen LogP contribution in [0, 0.1) is 17.7 Å². The molecule has 0 amide bonds. The lowest BCUT2D eigenvalue weighted by molar-refractivity contribution is -0.138. The van der Waals surface area contributed by atoms with Gasteiger partial charge in [-0.2, -0.15) is 0 Å². The summed E-state index contributed by atoms with van der Waals surface area (Å²) >= 11 is 0. The standard InChI is InChI=1S/C27H27FNO5P/c1-18(2)27-23(9-6-14-34-35(33)17-22(30)15-26(31)32)24(19-10-12-21(28)13-11-19)16-25(29-27)20-7-4-3-5-8-20/h3-5,7-8,10-13,16,18,22,30,35H,14-15,17H2,1-2H3,(H,31,32)/t22-/m0/s1. The van der Waals surface area contributed by atoms with Crippen LogP contribution in [0.5, 0.6) is 0 Å². The molecule has 0 saturated carbocycles. The van der Waals surface area contributed by atoms with Gasteiger partial charge in [-0.1, -0.05) is 68.2 Å². The molecule has 35 heavy (non-hydrogen) atoms. The molecule has 0 aliphatic heterocycles. The Morgan fingerprint density at radius 3 is 2.43 bits per heavy atom. The van der Waals surface area contributed by atoms with Gasteiger partial charge in [0.15, 0.2) is 8.03 Å². The minimum absolute atomic E-state index is 0.0355. The number of hydrogen-bond donors (Lipinski definition) is 2. The lowest BCUT2D eigenvalue weighted by Crippen LogP contribution is -2.15. The molecule has 1 unspecified atom stereocenters. The zero-order chi connectivity index (χ0) is 25.4. The number of hydrogen-bond acceptors (Lipinski definition) is 5. The predicted molar refractivity (Wildman–Crippen MR) is 134 cm³/mol. The summed E-state index contributed by atoms with van der Waals surface area (Å²) in [5, 5.41) is 18.3. The SMILES string of the molecule is CC(C)c1nc(-c2ccccc2)cc(-c2ccc(F)cc2)c1C#CCO[PH](=O)C[C@@H](O)CC(=O)O. The average Bonchev–Trinajstić information content (AvgIpc) is 2.82. The molecule has 182 valence electrons. The van der Waals surface area contributed by atoms with Crippen molar-refractivity contribution in [2.75, 3.05) is 12.8 Å². The van der Waals surface area contributed by atoms with Crippen LogP contribution in [-0.4, -0.2) is 40.0 Å². The van der Waals surface area contributed by atoms with Crippen LogP contribution in [0.1, 0.15) is 37.4 Å². The fourth-order valence-corrected chi connectivity index (χ4v) is 4.37. The number of rotatable bonds is 9. The van der Waals surface area contributed by atoms with Gasteiger partial charge in [0, 0.05) is 17.3 Å². The van der Waals surface area contributed by atoms with Gasteiger partial charge >= 0.3 is 5.97 Å². The van der Waals surface area contributed by atoms with Crippen LogP contribution in [0.4, 0.5) is 4.39 Å². The van der Waals surface area contributed by atoms with E-state index in [2.05, 4.69) is 11.8 Å². The topological polar surface area (TPSA) is 96.7 Å². The molecule has 0 spiro atoms. The molecule has 0 aliphatic rings. The van der Waals surface area contributed by atoms with E-state index in [-0.39, 0.29) is 24.5 Å². The number of aliphatic hydroxyl groups is 1. The Morgan fingerprint density at radius 2 is 1.80 bits per heavy atom. The Hall–Kier alpha value is -3.30. The number of aromatic nitrogens is 1. The molecule has 3 rings (SSSR count). The highest BCUT2D eigenvalue weighted by Crippen LogP contribution is 2.33. The van der Waals surface area contributed by atoms with Crippen molar-refractivity contribution in [2.45, 2.75) is 32.3 Å². The summed E-state index contributed by atoms with van der Waals surface area (Å²) in [7, 11) is -2.65. The first-order chi connectivity index (χ1) is 16.7. The van der Waals surface area contributed by atoms with Crippen molar-refractivity contribution < 1.29 is 28.5 Å². The maximum atomic E-state index is 13.6. The van der Waals surface area contributed by atoms with Crippen molar-refractivity contribution in [3.8, 4) is 34.2 Å². The average molecular weight is 495 g/mol. The predicted octanol–water partition coefficient (Wildman–Crippen LogP) is 5.36. The van der Waals surface area contributed by atoms with Gasteiger partial charge in [-0.15, -0.1) is 0 Å². The van der Waals surface area contributed by atoms with E-state index >= 15 is 0 Å². The van der Waals surface area contributed by atoms with Crippen LogP contribution in [-0.2, 0) is 13.9 Å². The number of aliphatic carboxylic acids is 1. The smallest absolute Gasteiger partial charge is 0.305 e. The second kappa shape index (κ2) is 12.4. The summed E-state index contributed by atoms with van der Waals surface area (Å²) in [6, 6.07) is 17.8. The molecule has 6 nitrogen and oxygen atoms in total. The van der Waals surface area contributed by atoms with Gasteiger partial charge in [-0.25, -0.2) is 4.39 Å². The Balaban J connectivity index is 1.95. The summed E-state index contributed by atoms with van der Waals surface area (Å²) in [5.41, 5.74) is 4.72. The van der Waals surface area contributed by atoms with Crippen molar-refractivity contribution in [2.24, 2.45) is 0 Å². The summed E-state index contributed by atoms with van der Waals surface area (Å²) in [6.45, 7) is 3.87. The maximum absolute atomic E-state index is 13.6. The van der Waals surface area contributed by atoms with E-state index in [1.807, 2.05) is 50.2 Å². The zero-order valence-corrected chi connectivity index (χ0v) is 20.5. The summed E-state index contributed by atoms with van der Waals surface area (Å²) in [5.74, 6) is 4.47. The van der Waals surface area contributed by atoms with Gasteiger partial charge in [-0.3, -0.25) is 14.3 Å². The molecule has 0 radical (unpaired) electrons. The molecule has 3 aromatic rings. The highest BCUT2D eigenvalue weighted by atomic mass is 31.1. The third-order valence-corrected chi connectivity index (χ3v) is 6.42. The molecule has 0 saturated heterocycles. The monoisotopic (exact) mass is 495 g/mol. The van der Waals surface area contributed by atoms with Gasteiger partial charge in [0.05, 0.1) is 29.5 Å². The number of pyridine rings is 1. The first-order valence-electron chi connectivity index (χ1n) is 11.1. The number of nitrogens with zero attached hydrogens (tertiary/aromatic N) is 1. The number of benzene rings is 2. The summed E-state index contributed by atoms with van der Waals surface area (Å²) < 4.78 is 30.9. The largest absolute Gasteiger partial charge is 0.481 e. The minimum atomic E-state index is -2.65. The van der Waals surface area contributed by atoms with Crippen LogP contribution in [0.2, 0.25) is 0 Å². The minimum Gasteiger partial charge on any atom is -0.481 e. The first-order valence-corrected chi connectivity index (χ1v) is 12.7. The fourth-order valence-electron chi connectivity index (χ4n) is 3.49. The van der Waals surface area contributed by atoms with E-state index in [9.17, 15) is 18.9 Å². The Bertz CT molecular complexity index is 1250. The number of carboxylic acid groups (broad SMARTS) is 1. The van der Waals surface area contributed by atoms with Crippen LogP contribution >= 0.6 is 8.03 Å². The number of carbonyl (C=O) groups is 1. The third kappa shape index (κ3) is 7.60. The highest BCUT2D eigenvalue weighted by Gasteiger charge is 2.17. The zero-order valence-electron chi connectivity index (χ0n) is 19.5. The van der Waals surface area contributed by atoms with E-state index in [1.54, 1.807) is 12.1 Å². The quantitative estimate of drug-likeness (QED) is 0.307. The first kappa shape index (κ1) is 26.3. The molecule has 0 aliphatic carbocycles. The van der Waals surface area contributed by atoms with Crippen molar-refractivity contribution in [1.29, 1.82) is 0 Å². The second-order valence-electron chi connectivity index (χ2n) is 8.26. The van der Waals surface area contributed by atoms with Crippen LogP contribution in [0.3, 0.4) is 0 Å². The van der Waals surface area contributed by atoms with Gasteiger partial charge in [-0.05, 0) is 29.7 Å². The van der Waals surface area contributed by atoms with Crippen molar-refractivity contribution in [3.63, 3.8) is 0 Å². The molecular weight excluding hydrogens is 468 g/mol. The van der Waals surface area contributed by atoms with Gasteiger partial charge in [0.2, 0.25) is 0 Å². The second-order valence-corrected chi connectivity index (χ2v) is 9.70. The summed E-state index contributed by atoms with van der Waals surface area (Å²) in [6.07, 6.45) is -1.98. The molecule has 0 bridgehead atoms. The normalized spacial score (nSPS) is 12.6. The molecule has 1 heterocycles. The maximum Gasteiger partial charge on any atom is 0.305 e. The van der Waals surface area contributed by atoms with Gasteiger partial charge < -0.3 is 14.7 Å². The van der Waals surface area contributed by atoms with E-state index in [0.717, 1.165) is 28.1 Å². The van der Waals surface area contributed by atoms with Crippen LogP contribution in [0.25, 0.3) is 22.4 Å². The van der Waals surface area contributed by atoms with E-state index in [1.165, 1.54) is 12.1 Å². The van der Waals surface area contributed by atoms with Gasteiger partial charge in [0.1, 0.15) is 12.4 Å². The number of carboxylic acids is 1. The Kier molecular flexibility index (Phi) is 9.33. The summed E-state index contributed by atoms with van der Waals surface area (Å²) in [4.78, 5) is 15.5. The van der Waals surface area contributed by atoms with E-state index in [0.29, 0.717) is 5.56 Å². The molecule has 8 heteroatoms. The van der Waals surface area contributed by atoms with Gasteiger partial charge in [0.25, 0.3) is 0 Å². The van der Waals surface area contributed by atoms with E-state index < -0.39 is 26.5 Å². The lowest BCUT2D eigenvalue weighted by Gasteiger charge is -2.16. The van der Waals surface area contributed by atoms with Crippen LogP contribution in [0.15, 0.2) is 60.7 Å². The molecule has 2 atom stereocenters. The Morgan fingerprint density at radius 1 is 1.11 bits per heavy atom. The lowest BCUT2D eigenvalue weighted by atomic mass is 9.93. The highest BCUT2D eigenvalue weighted by molar-refractivity contribution is 7.39. The van der Waals surface area contributed by atoms with E-state index in [4.69, 9.17) is 14.6 Å². The van der Waals surface area contributed by atoms with Crippen molar-refractivity contribution in [1.82, 2.24) is 4.98 Å². The van der Waals surface area contributed by atoms with Crippen molar-refractivity contribution in [3.05, 3.63) is 77.7 Å². The number of aliphatic hydroxyl groups excluding tert-OH is 1. The molecule has 2 N–H and O–H groups in total. The molecule has 2 aromatic carbocycles. The number of halogens is 1. The van der Waals surface area contributed by atoms with Crippen LogP contribution < -0.4 is 0 Å². The molecule has 1 aromatic heterocycles.